The Bertz CT molecular complexity index is 1830. The molecule has 252 valence electrons. The molecule has 0 aromatic heterocycles. The molecule has 2 nitrogen and oxygen atoms in total. The van der Waals surface area contributed by atoms with E-state index in [4.69, 9.17) is 0 Å². The fraction of sp³-hybridized carbons (Fsp3) is 0.208. The molecule has 2 unspecified atom stereocenters. The summed E-state index contributed by atoms with van der Waals surface area (Å²) in [6.07, 6.45) is 2.12. The molecule has 0 aliphatic heterocycles. The summed E-state index contributed by atoms with van der Waals surface area (Å²) < 4.78 is 0. The molecule has 2 atom stereocenters. The SMILES string of the molecule is CCC(C)c1ccc(C(=O)C(c2ccccc2)c2ccccc2)cc1.CCC(C)c1ccccc1C(=O)C(c1ccccc1)c1ccccc1. The summed E-state index contributed by atoms with van der Waals surface area (Å²) >= 11 is 0. The van der Waals surface area contributed by atoms with Crippen molar-refractivity contribution in [2.75, 3.05) is 0 Å². The monoisotopic (exact) mass is 656 g/mol. The summed E-state index contributed by atoms with van der Waals surface area (Å²) in [5.41, 5.74) is 8.19. The van der Waals surface area contributed by atoms with E-state index in [1.54, 1.807) is 0 Å². The van der Waals surface area contributed by atoms with Gasteiger partial charge in [0.05, 0.1) is 11.8 Å². The van der Waals surface area contributed by atoms with E-state index in [9.17, 15) is 9.59 Å². The van der Waals surface area contributed by atoms with Gasteiger partial charge in [-0.1, -0.05) is 198 Å². The summed E-state index contributed by atoms with van der Waals surface area (Å²) in [4.78, 5) is 26.9. The van der Waals surface area contributed by atoms with Crippen LogP contribution in [0.5, 0.6) is 0 Å². The Hall–Kier alpha value is -5.34. The van der Waals surface area contributed by atoms with E-state index in [0.29, 0.717) is 11.8 Å². The molecule has 2 heteroatoms. The fourth-order valence-electron chi connectivity index (χ4n) is 6.48. The van der Waals surface area contributed by atoms with Crippen molar-refractivity contribution in [1.29, 1.82) is 0 Å². The van der Waals surface area contributed by atoms with Gasteiger partial charge in [0.15, 0.2) is 11.6 Å². The number of Topliss-reactive ketones (excluding diaryl/α,β-unsaturated/α-hetero) is 2. The molecule has 0 aliphatic carbocycles. The number of ketones is 2. The Kier molecular flexibility index (Phi) is 12.9. The molecule has 6 aromatic carbocycles. The van der Waals surface area contributed by atoms with Crippen LogP contribution in [0, 0.1) is 0 Å². The highest BCUT2D eigenvalue weighted by molar-refractivity contribution is 6.04. The minimum absolute atomic E-state index is 0.146. The predicted molar refractivity (Wildman–Crippen MR) is 208 cm³/mol. The Labute approximate surface area is 298 Å². The van der Waals surface area contributed by atoms with Gasteiger partial charge in [0.2, 0.25) is 0 Å². The van der Waals surface area contributed by atoms with Crippen molar-refractivity contribution in [2.24, 2.45) is 0 Å². The summed E-state index contributed by atoms with van der Waals surface area (Å²) in [5, 5.41) is 0. The van der Waals surface area contributed by atoms with E-state index in [1.807, 2.05) is 152 Å². The van der Waals surface area contributed by atoms with Gasteiger partial charge >= 0.3 is 0 Å². The highest BCUT2D eigenvalue weighted by Crippen LogP contribution is 2.33. The minimum Gasteiger partial charge on any atom is -0.293 e. The van der Waals surface area contributed by atoms with Crippen molar-refractivity contribution >= 4 is 11.6 Å². The van der Waals surface area contributed by atoms with Crippen LogP contribution in [0.1, 0.15) is 118 Å². The smallest absolute Gasteiger partial charge is 0.174 e. The van der Waals surface area contributed by atoms with Gasteiger partial charge in [-0.15, -0.1) is 0 Å². The zero-order chi connectivity index (χ0) is 35.3. The van der Waals surface area contributed by atoms with Crippen LogP contribution in [0.2, 0.25) is 0 Å². The topological polar surface area (TPSA) is 34.1 Å². The van der Waals surface area contributed by atoms with Crippen LogP contribution in [0.15, 0.2) is 170 Å². The molecule has 0 saturated heterocycles. The quantitative estimate of drug-likeness (QED) is 0.123. The van der Waals surface area contributed by atoms with E-state index in [2.05, 4.69) is 45.9 Å². The van der Waals surface area contributed by atoms with Crippen LogP contribution >= 0.6 is 0 Å². The van der Waals surface area contributed by atoms with E-state index >= 15 is 0 Å². The first-order valence-corrected chi connectivity index (χ1v) is 17.9. The van der Waals surface area contributed by atoms with Crippen molar-refractivity contribution in [3.63, 3.8) is 0 Å². The molecule has 0 aliphatic rings. The van der Waals surface area contributed by atoms with Crippen LogP contribution in [0.3, 0.4) is 0 Å². The average Bonchev–Trinajstić information content (AvgIpc) is 3.19. The lowest BCUT2D eigenvalue weighted by atomic mass is 9.81. The van der Waals surface area contributed by atoms with Crippen molar-refractivity contribution < 1.29 is 9.59 Å². The lowest BCUT2D eigenvalue weighted by Gasteiger charge is -2.20. The summed E-state index contributed by atoms with van der Waals surface area (Å²) in [7, 11) is 0. The zero-order valence-electron chi connectivity index (χ0n) is 29.7. The van der Waals surface area contributed by atoms with Gasteiger partial charge in [-0.3, -0.25) is 9.59 Å². The van der Waals surface area contributed by atoms with Crippen LogP contribution in [-0.2, 0) is 0 Å². The van der Waals surface area contributed by atoms with Crippen molar-refractivity contribution in [1.82, 2.24) is 0 Å². The molecule has 0 radical (unpaired) electrons. The van der Waals surface area contributed by atoms with Gasteiger partial charge in [0.25, 0.3) is 0 Å². The van der Waals surface area contributed by atoms with Crippen molar-refractivity contribution in [2.45, 2.75) is 64.2 Å². The largest absolute Gasteiger partial charge is 0.293 e. The van der Waals surface area contributed by atoms with Gasteiger partial charge in [-0.05, 0) is 58.1 Å². The lowest BCUT2D eigenvalue weighted by molar-refractivity contribution is 0.0965. The lowest BCUT2D eigenvalue weighted by Crippen LogP contribution is -2.17. The highest BCUT2D eigenvalue weighted by Gasteiger charge is 2.27. The number of benzene rings is 6. The highest BCUT2D eigenvalue weighted by atomic mass is 16.1. The number of carbonyl (C=O) groups is 2. The number of carbonyl (C=O) groups excluding carboxylic acids is 2. The maximum atomic E-state index is 13.6. The Morgan fingerprint density at radius 3 is 1.16 bits per heavy atom. The average molecular weight is 657 g/mol. The second-order valence-electron chi connectivity index (χ2n) is 13.1. The molecule has 0 heterocycles. The summed E-state index contributed by atoms with van der Waals surface area (Å²) in [6.45, 7) is 8.75. The first kappa shape index (κ1) is 36.0. The van der Waals surface area contributed by atoms with Gasteiger partial charge in [-0.25, -0.2) is 0 Å². The molecule has 0 saturated carbocycles. The molecule has 0 spiro atoms. The van der Waals surface area contributed by atoms with E-state index in [0.717, 1.165) is 51.8 Å². The number of hydrogen-bond acceptors (Lipinski definition) is 2. The number of rotatable bonds is 12. The fourth-order valence-corrected chi connectivity index (χ4v) is 6.48. The van der Waals surface area contributed by atoms with E-state index in [-0.39, 0.29) is 23.4 Å². The molecule has 0 N–H and O–H groups in total. The van der Waals surface area contributed by atoms with E-state index in [1.165, 1.54) is 5.56 Å². The second-order valence-corrected chi connectivity index (χ2v) is 13.1. The number of hydrogen-bond donors (Lipinski definition) is 0. The molecule has 6 aromatic rings. The molecule has 0 bridgehead atoms. The predicted octanol–water partition coefficient (Wildman–Crippen LogP) is 12.4. The second kappa shape index (κ2) is 17.9. The van der Waals surface area contributed by atoms with Gasteiger partial charge in [0.1, 0.15) is 0 Å². The molecule has 50 heavy (non-hydrogen) atoms. The third kappa shape index (κ3) is 8.81. The van der Waals surface area contributed by atoms with Crippen molar-refractivity contribution in [3.05, 3.63) is 214 Å². The van der Waals surface area contributed by atoms with Gasteiger partial charge < -0.3 is 0 Å². The third-order valence-electron chi connectivity index (χ3n) is 9.80. The standard InChI is InChI=1S/2C24H24O/c1-3-18(2)21-16-10-11-17-22(21)24(25)23(19-12-6-4-7-13-19)20-14-8-5-9-15-20;1-3-18(2)19-14-16-22(17-15-19)24(25)23(20-10-6-4-7-11-20)21-12-8-5-9-13-21/h2*4-18,23H,3H2,1-2H3. The third-order valence-corrected chi connectivity index (χ3v) is 9.80. The van der Waals surface area contributed by atoms with Gasteiger partial charge in [-0.2, -0.15) is 0 Å². The molecule has 0 fully saturated rings. The van der Waals surface area contributed by atoms with Crippen molar-refractivity contribution in [3.8, 4) is 0 Å². The maximum Gasteiger partial charge on any atom is 0.174 e. The zero-order valence-corrected chi connectivity index (χ0v) is 29.7. The molecular weight excluding hydrogens is 609 g/mol. The molecular formula is C48H48O2. The van der Waals surface area contributed by atoms with Crippen LogP contribution in [0.25, 0.3) is 0 Å². The Balaban J connectivity index is 0.000000194. The van der Waals surface area contributed by atoms with Crippen LogP contribution in [-0.4, -0.2) is 11.6 Å². The Morgan fingerprint density at radius 2 is 0.760 bits per heavy atom. The summed E-state index contributed by atoms with van der Waals surface area (Å²) in [5.74, 6) is 0.668. The Morgan fingerprint density at radius 1 is 0.400 bits per heavy atom. The maximum absolute atomic E-state index is 13.6. The minimum atomic E-state index is -0.271. The summed E-state index contributed by atoms with van der Waals surface area (Å²) in [6, 6.07) is 56.4. The molecule has 0 amide bonds. The first-order chi connectivity index (χ1) is 24.4. The molecule has 6 rings (SSSR count). The normalized spacial score (nSPS) is 12.1. The van der Waals surface area contributed by atoms with E-state index < -0.39 is 0 Å². The van der Waals surface area contributed by atoms with Crippen LogP contribution in [0.4, 0.5) is 0 Å². The first-order valence-electron chi connectivity index (χ1n) is 17.9. The van der Waals surface area contributed by atoms with Gasteiger partial charge in [0, 0.05) is 11.1 Å². The van der Waals surface area contributed by atoms with Crippen LogP contribution < -0.4 is 0 Å².